The van der Waals surface area contributed by atoms with Crippen LogP contribution in [0.4, 0.5) is 17.6 Å². The van der Waals surface area contributed by atoms with Gasteiger partial charge in [-0.2, -0.15) is 13.2 Å². The number of benzene rings is 1. The Balaban J connectivity index is 2.93. The van der Waals surface area contributed by atoms with Crippen LogP contribution in [0.1, 0.15) is 13.3 Å². The van der Waals surface area contributed by atoms with Crippen molar-refractivity contribution in [1.82, 2.24) is 4.72 Å². The van der Waals surface area contributed by atoms with Crippen molar-refractivity contribution < 1.29 is 26.0 Å². The van der Waals surface area contributed by atoms with Gasteiger partial charge >= 0.3 is 6.18 Å². The monoisotopic (exact) mass is 363 g/mol. The predicted molar refractivity (Wildman–Crippen MR) is 64.6 cm³/mol. The SMILES string of the molecule is CC(CC(F)(F)F)NS(=O)(=O)c1ccc(F)cc1Br. The summed E-state index contributed by atoms with van der Waals surface area (Å²) >= 11 is 2.85. The molecular formula is C10H10BrF4NO2S. The molecule has 3 nitrogen and oxygen atoms in total. The maximum atomic E-state index is 12.8. The molecule has 1 aromatic rings. The molecule has 9 heteroatoms. The fourth-order valence-electron chi connectivity index (χ4n) is 1.41. The van der Waals surface area contributed by atoms with Crippen LogP contribution in [-0.4, -0.2) is 20.6 Å². The number of rotatable bonds is 4. The third-order valence-corrected chi connectivity index (χ3v) is 4.64. The molecule has 1 unspecified atom stereocenters. The van der Waals surface area contributed by atoms with Crippen molar-refractivity contribution in [3.63, 3.8) is 0 Å². The highest BCUT2D eigenvalue weighted by molar-refractivity contribution is 9.10. The van der Waals surface area contributed by atoms with E-state index in [4.69, 9.17) is 0 Å². The summed E-state index contributed by atoms with van der Waals surface area (Å²) in [7, 11) is -4.14. The van der Waals surface area contributed by atoms with E-state index in [1.54, 1.807) is 0 Å². The Morgan fingerprint density at radius 1 is 1.37 bits per heavy atom. The van der Waals surface area contributed by atoms with Crippen molar-refractivity contribution in [3.05, 3.63) is 28.5 Å². The Morgan fingerprint density at radius 3 is 2.42 bits per heavy atom. The van der Waals surface area contributed by atoms with E-state index in [-0.39, 0.29) is 9.37 Å². The van der Waals surface area contributed by atoms with Gasteiger partial charge in [-0.25, -0.2) is 17.5 Å². The first-order valence-electron chi connectivity index (χ1n) is 5.05. The molecule has 0 amide bonds. The van der Waals surface area contributed by atoms with E-state index in [0.717, 1.165) is 25.1 Å². The average molecular weight is 364 g/mol. The molecule has 0 aromatic heterocycles. The molecule has 0 saturated carbocycles. The lowest BCUT2D eigenvalue weighted by Crippen LogP contribution is -2.36. The van der Waals surface area contributed by atoms with E-state index in [1.165, 1.54) is 0 Å². The van der Waals surface area contributed by atoms with Gasteiger partial charge in [0.15, 0.2) is 0 Å². The van der Waals surface area contributed by atoms with Gasteiger partial charge in [-0.3, -0.25) is 0 Å². The third kappa shape index (κ3) is 5.07. The summed E-state index contributed by atoms with van der Waals surface area (Å²) in [5, 5.41) is 0. The van der Waals surface area contributed by atoms with Crippen LogP contribution >= 0.6 is 15.9 Å². The number of alkyl halides is 3. The summed E-state index contributed by atoms with van der Waals surface area (Å²) in [6.07, 6.45) is -5.76. The molecule has 0 aliphatic carbocycles. The highest BCUT2D eigenvalue weighted by Crippen LogP contribution is 2.25. The molecule has 0 heterocycles. The fraction of sp³-hybridized carbons (Fsp3) is 0.400. The zero-order chi connectivity index (χ0) is 14.8. The summed E-state index contributed by atoms with van der Waals surface area (Å²) < 4.78 is 74.7. The van der Waals surface area contributed by atoms with Crippen molar-refractivity contribution in [1.29, 1.82) is 0 Å². The highest BCUT2D eigenvalue weighted by Gasteiger charge is 2.32. The van der Waals surface area contributed by atoms with Crippen LogP contribution in [0.15, 0.2) is 27.6 Å². The van der Waals surface area contributed by atoms with E-state index in [1.807, 2.05) is 4.72 Å². The minimum absolute atomic E-state index is 0.0563. The molecule has 0 spiro atoms. The van der Waals surface area contributed by atoms with Crippen LogP contribution in [0.25, 0.3) is 0 Å². The molecule has 0 radical (unpaired) electrons. The van der Waals surface area contributed by atoms with Crippen LogP contribution in [0.5, 0.6) is 0 Å². The molecule has 108 valence electrons. The van der Waals surface area contributed by atoms with Crippen LogP contribution in [0.3, 0.4) is 0 Å². The molecule has 19 heavy (non-hydrogen) atoms. The lowest BCUT2D eigenvalue weighted by molar-refractivity contribution is -0.137. The number of hydrogen-bond acceptors (Lipinski definition) is 2. The van der Waals surface area contributed by atoms with Crippen molar-refractivity contribution in [3.8, 4) is 0 Å². The molecule has 0 aliphatic rings. The molecule has 0 aliphatic heterocycles. The summed E-state index contributed by atoms with van der Waals surface area (Å²) in [4.78, 5) is -0.317. The van der Waals surface area contributed by atoms with E-state index in [2.05, 4.69) is 15.9 Å². The molecule has 1 aromatic carbocycles. The van der Waals surface area contributed by atoms with Gasteiger partial charge in [0, 0.05) is 10.5 Å². The Morgan fingerprint density at radius 2 is 1.95 bits per heavy atom. The van der Waals surface area contributed by atoms with E-state index in [9.17, 15) is 26.0 Å². The summed E-state index contributed by atoms with van der Waals surface area (Å²) in [5.74, 6) is -0.658. The van der Waals surface area contributed by atoms with Gasteiger partial charge in [-0.05, 0) is 41.1 Å². The van der Waals surface area contributed by atoms with E-state index in [0.29, 0.717) is 0 Å². The first kappa shape index (κ1) is 16.4. The number of sulfonamides is 1. The second-order valence-electron chi connectivity index (χ2n) is 3.92. The van der Waals surface area contributed by atoms with Gasteiger partial charge < -0.3 is 0 Å². The van der Waals surface area contributed by atoms with E-state index < -0.39 is 34.5 Å². The third-order valence-electron chi connectivity index (χ3n) is 2.08. The summed E-state index contributed by atoms with van der Waals surface area (Å²) in [6.45, 7) is 1.10. The van der Waals surface area contributed by atoms with Gasteiger partial charge in [0.05, 0.1) is 11.3 Å². The topological polar surface area (TPSA) is 46.2 Å². The fourth-order valence-corrected chi connectivity index (χ4v) is 3.70. The predicted octanol–water partition coefficient (Wildman–Crippen LogP) is 3.21. The van der Waals surface area contributed by atoms with Crippen molar-refractivity contribution in [2.45, 2.75) is 30.5 Å². The van der Waals surface area contributed by atoms with Crippen molar-refractivity contribution in [2.75, 3.05) is 0 Å². The van der Waals surface area contributed by atoms with Crippen LogP contribution in [0.2, 0.25) is 0 Å². The molecule has 0 saturated heterocycles. The lowest BCUT2D eigenvalue weighted by atomic mass is 10.2. The molecule has 1 rings (SSSR count). The molecule has 1 N–H and O–H groups in total. The van der Waals surface area contributed by atoms with Crippen LogP contribution in [-0.2, 0) is 10.0 Å². The second-order valence-corrected chi connectivity index (χ2v) is 6.45. The maximum Gasteiger partial charge on any atom is 0.390 e. The lowest BCUT2D eigenvalue weighted by Gasteiger charge is -2.16. The first-order chi connectivity index (χ1) is 8.51. The zero-order valence-corrected chi connectivity index (χ0v) is 12.0. The normalized spacial score (nSPS) is 14.4. The van der Waals surface area contributed by atoms with Gasteiger partial charge in [0.1, 0.15) is 5.82 Å². The van der Waals surface area contributed by atoms with Crippen molar-refractivity contribution >= 4 is 26.0 Å². The molecular weight excluding hydrogens is 354 g/mol. The molecule has 0 fully saturated rings. The van der Waals surface area contributed by atoms with E-state index >= 15 is 0 Å². The Kier molecular flexibility index (Phi) is 4.97. The molecule has 0 bridgehead atoms. The van der Waals surface area contributed by atoms with Gasteiger partial charge in [0.25, 0.3) is 0 Å². The van der Waals surface area contributed by atoms with Crippen molar-refractivity contribution in [2.24, 2.45) is 0 Å². The van der Waals surface area contributed by atoms with Crippen LogP contribution < -0.4 is 4.72 Å². The zero-order valence-electron chi connectivity index (χ0n) is 9.63. The number of halogens is 5. The minimum Gasteiger partial charge on any atom is -0.208 e. The largest absolute Gasteiger partial charge is 0.390 e. The minimum atomic E-state index is -4.47. The van der Waals surface area contributed by atoms with Gasteiger partial charge in [-0.15, -0.1) is 0 Å². The molecule has 1 atom stereocenters. The standard InChI is InChI=1S/C10H10BrF4NO2S/c1-6(5-10(13,14)15)16-19(17,18)9-3-2-7(12)4-8(9)11/h2-4,6,16H,5H2,1H3. The Labute approximate surface area is 116 Å². The van der Waals surface area contributed by atoms with Crippen LogP contribution in [0, 0.1) is 5.82 Å². The Hall–Kier alpha value is -0.670. The van der Waals surface area contributed by atoms with Gasteiger partial charge in [-0.1, -0.05) is 0 Å². The summed E-state index contributed by atoms with van der Waals surface area (Å²) in [5.41, 5.74) is 0. The summed E-state index contributed by atoms with van der Waals surface area (Å²) in [6, 6.07) is 1.49. The maximum absolute atomic E-state index is 12.8. The van der Waals surface area contributed by atoms with Gasteiger partial charge in [0.2, 0.25) is 10.0 Å². The highest BCUT2D eigenvalue weighted by atomic mass is 79.9. The quantitative estimate of drug-likeness (QED) is 0.835. The Bertz CT molecular complexity index is 559. The number of nitrogens with one attached hydrogen (secondary N) is 1. The number of hydrogen-bond donors (Lipinski definition) is 1. The second kappa shape index (κ2) is 5.76. The average Bonchev–Trinajstić information content (AvgIpc) is 2.11. The smallest absolute Gasteiger partial charge is 0.208 e. The first-order valence-corrected chi connectivity index (χ1v) is 7.33.